The van der Waals surface area contributed by atoms with Crippen LogP contribution in [0.25, 0.3) is 0 Å². The van der Waals surface area contributed by atoms with E-state index in [1.165, 1.54) is 11.0 Å². The van der Waals surface area contributed by atoms with Crippen LogP contribution < -0.4 is 5.73 Å². The number of phenolic OH excluding ortho intramolecular Hbond substituents is 1. The Bertz CT molecular complexity index is 1280. The number of halogens is 1. The maximum atomic E-state index is 13.8. The Morgan fingerprint density at radius 2 is 1.87 bits per heavy atom. The molecule has 3 fully saturated rings. The molecule has 5 rings (SSSR count). The van der Waals surface area contributed by atoms with Crippen molar-refractivity contribution < 1.29 is 34.2 Å². The van der Waals surface area contributed by atoms with Crippen molar-refractivity contribution in [1.29, 1.82) is 0 Å². The van der Waals surface area contributed by atoms with Gasteiger partial charge in [-0.05, 0) is 76.5 Å². The van der Waals surface area contributed by atoms with Crippen molar-refractivity contribution in [1.82, 2.24) is 9.80 Å². The molecule has 1 heterocycles. The summed E-state index contributed by atoms with van der Waals surface area (Å²) in [4.78, 5) is 69.8. The second-order valence-corrected chi connectivity index (χ2v) is 11.8. The van der Waals surface area contributed by atoms with E-state index >= 15 is 0 Å². The summed E-state index contributed by atoms with van der Waals surface area (Å²) in [6, 6.07) is 0.310. The van der Waals surface area contributed by atoms with Crippen molar-refractivity contribution in [3.63, 3.8) is 0 Å². The molecular weight excluding hydrogens is 514 g/mol. The number of hydrogen-bond acceptors (Lipinski definition) is 9. The summed E-state index contributed by atoms with van der Waals surface area (Å²) in [5.74, 6) is -10.6. The minimum atomic E-state index is -2.74. The van der Waals surface area contributed by atoms with Gasteiger partial charge in [-0.1, -0.05) is 18.0 Å². The van der Waals surface area contributed by atoms with Crippen molar-refractivity contribution in [2.24, 2.45) is 29.4 Å². The molecule has 0 bridgehead atoms. The van der Waals surface area contributed by atoms with Gasteiger partial charge >= 0.3 is 0 Å². The number of piperidine rings is 1. The summed E-state index contributed by atoms with van der Waals surface area (Å²) in [5, 5.41) is 23.0. The Morgan fingerprint density at radius 3 is 2.47 bits per heavy atom. The minimum Gasteiger partial charge on any atom is -0.507 e. The monoisotopic (exact) mass is 545 g/mol. The Balaban J connectivity index is 1.61. The third-order valence-corrected chi connectivity index (χ3v) is 9.60. The third-order valence-electron chi connectivity index (χ3n) is 9.15. The van der Waals surface area contributed by atoms with Gasteiger partial charge in [-0.15, -0.1) is 0 Å². The van der Waals surface area contributed by atoms with Crippen molar-refractivity contribution >= 4 is 40.6 Å². The molecule has 0 aromatic heterocycles. The zero-order chi connectivity index (χ0) is 27.8. The van der Waals surface area contributed by atoms with Crippen molar-refractivity contribution in [2.45, 2.75) is 49.8 Å². The molecule has 1 amide bonds. The van der Waals surface area contributed by atoms with Crippen LogP contribution in [0.1, 0.15) is 53.2 Å². The fraction of sp³-hybridized carbons (Fsp3) is 0.593. The fourth-order valence-corrected chi connectivity index (χ4v) is 7.73. The van der Waals surface area contributed by atoms with Gasteiger partial charge in [-0.25, -0.2) is 0 Å². The van der Waals surface area contributed by atoms with E-state index in [0.717, 1.165) is 25.8 Å². The molecule has 0 radical (unpaired) electrons. The molecule has 7 atom stereocenters. The topological polar surface area (TPSA) is 158 Å². The number of hydrogen-bond donors (Lipinski definition) is 3. The number of amides is 1. The van der Waals surface area contributed by atoms with E-state index in [9.17, 15) is 34.2 Å². The zero-order valence-corrected chi connectivity index (χ0v) is 22.3. The summed E-state index contributed by atoms with van der Waals surface area (Å²) in [6.45, 7) is 0.873. The van der Waals surface area contributed by atoms with Gasteiger partial charge in [0.1, 0.15) is 5.75 Å². The summed E-state index contributed by atoms with van der Waals surface area (Å²) in [6.07, 6.45) is 3.05. The number of benzene rings is 1. The van der Waals surface area contributed by atoms with E-state index in [4.69, 9.17) is 17.3 Å². The molecule has 38 heavy (non-hydrogen) atoms. The van der Waals surface area contributed by atoms with E-state index in [0.29, 0.717) is 16.1 Å². The van der Waals surface area contributed by atoms with Crippen LogP contribution in [0.3, 0.4) is 0 Å². The highest BCUT2D eigenvalue weighted by atomic mass is 35.5. The molecule has 11 heteroatoms. The van der Waals surface area contributed by atoms with Crippen LogP contribution in [0.5, 0.6) is 5.75 Å². The van der Waals surface area contributed by atoms with Gasteiger partial charge < -0.3 is 15.9 Å². The van der Waals surface area contributed by atoms with Crippen molar-refractivity contribution in [3.8, 4) is 5.75 Å². The molecule has 4 N–H and O–H groups in total. The van der Waals surface area contributed by atoms with E-state index in [2.05, 4.69) is 4.90 Å². The number of likely N-dealkylation sites (N-methyl/N-ethyl adjacent to an activating group) is 1. The molecule has 4 aliphatic rings. The van der Waals surface area contributed by atoms with Crippen LogP contribution in [0.15, 0.2) is 6.07 Å². The number of phenols is 1. The third kappa shape index (κ3) is 3.61. The molecular formula is C27H32ClN3O7. The van der Waals surface area contributed by atoms with Crippen LogP contribution in [0.2, 0.25) is 5.02 Å². The van der Waals surface area contributed by atoms with Gasteiger partial charge in [0.05, 0.1) is 17.5 Å². The molecule has 7 unspecified atom stereocenters. The average molecular weight is 546 g/mol. The Kier molecular flexibility index (Phi) is 6.53. The number of ketones is 4. The SMILES string of the molecule is CN(C)C1C(=O)C(C(N)=O)C(=O)C2(O)C(=O)C3C(=O)c4c(O)cc(C5CCCCN5C)c(Cl)c4CC3CC12. The maximum Gasteiger partial charge on any atom is 0.235 e. The highest BCUT2D eigenvalue weighted by molar-refractivity contribution is 6.35. The Labute approximate surface area is 225 Å². The fourth-order valence-electron chi connectivity index (χ4n) is 7.38. The van der Waals surface area contributed by atoms with E-state index < -0.39 is 64.4 Å². The first-order valence-corrected chi connectivity index (χ1v) is 13.3. The van der Waals surface area contributed by atoms with Gasteiger partial charge in [-0.3, -0.25) is 33.8 Å². The Morgan fingerprint density at radius 1 is 1.18 bits per heavy atom. The lowest BCUT2D eigenvalue weighted by atomic mass is 9.52. The van der Waals surface area contributed by atoms with Gasteiger partial charge in [0.25, 0.3) is 0 Å². The summed E-state index contributed by atoms with van der Waals surface area (Å²) >= 11 is 6.88. The summed E-state index contributed by atoms with van der Waals surface area (Å²) in [5.41, 5.74) is 3.68. The average Bonchev–Trinajstić information content (AvgIpc) is 2.83. The number of aliphatic hydroxyl groups is 1. The van der Waals surface area contributed by atoms with Crippen LogP contribution >= 0.6 is 11.6 Å². The lowest BCUT2D eigenvalue weighted by Gasteiger charge is -2.52. The first-order chi connectivity index (χ1) is 17.8. The smallest absolute Gasteiger partial charge is 0.235 e. The summed E-state index contributed by atoms with van der Waals surface area (Å²) < 4.78 is 0. The zero-order valence-electron chi connectivity index (χ0n) is 21.6. The Hall–Kier alpha value is -2.66. The highest BCUT2D eigenvalue weighted by Gasteiger charge is 2.69. The number of carbonyl (C=O) groups is 5. The molecule has 204 valence electrons. The number of Topliss-reactive ketones (excluding diaryl/α,β-unsaturated/α-hetero) is 4. The van der Waals surface area contributed by atoms with Crippen molar-refractivity contribution in [3.05, 3.63) is 27.8 Å². The number of carbonyl (C=O) groups excluding carboxylic acids is 5. The molecule has 0 spiro atoms. The molecule has 3 aliphatic carbocycles. The number of rotatable bonds is 3. The molecule has 1 aliphatic heterocycles. The molecule has 1 aromatic carbocycles. The van der Waals surface area contributed by atoms with Crippen LogP contribution in [0.4, 0.5) is 0 Å². The number of aromatic hydroxyl groups is 1. The largest absolute Gasteiger partial charge is 0.507 e. The predicted molar refractivity (Wildman–Crippen MR) is 136 cm³/mol. The van der Waals surface area contributed by atoms with Crippen LogP contribution in [-0.2, 0) is 25.6 Å². The first kappa shape index (κ1) is 26.9. The number of primary amides is 1. The molecule has 1 saturated heterocycles. The minimum absolute atomic E-state index is 0.00541. The van der Waals surface area contributed by atoms with Crippen molar-refractivity contribution in [2.75, 3.05) is 27.7 Å². The predicted octanol–water partition coefficient (Wildman–Crippen LogP) is 0.677. The summed E-state index contributed by atoms with van der Waals surface area (Å²) in [7, 11) is 5.09. The number of nitrogens with two attached hydrogens (primary N) is 1. The maximum absolute atomic E-state index is 13.8. The lowest BCUT2D eigenvalue weighted by Crippen LogP contribution is -2.74. The van der Waals surface area contributed by atoms with Gasteiger partial charge in [0.15, 0.2) is 34.7 Å². The second-order valence-electron chi connectivity index (χ2n) is 11.4. The van der Waals surface area contributed by atoms with Crippen LogP contribution in [-0.4, -0.2) is 88.4 Å². The first-order valence-electron chi connectivity index (χ1n) is 12.9. The quantitative estimate of drug-likeness (QED) is 0.464. The standard InChI is InChI=1S/C27H32ClN3O7/c1-30(2)21-14-9-11-8-13-18(16(32)10-12(20(13)28)15-6-4-5-7-31(15)3)22(33)17(11)24(35)27(14,38)25(36)19(23(21)34)26(29)37/h10-11,14-15,17,19,21,32,38H,4-9H2,1-3H3,(H2,29,37). The number of nitrogens with zero attached hydrogens (tertiary/aromatic N) is 2. The van der Waals surface area contributed by atoms with E-state index in [1.54, 1.807) is 14.1 Å². The normalized spacial score (nSPS) is 35.6. The van der Waals surface area contributed by atoms with E-state index in [1.807, 2.05) is 7.05 Å². The van der Waals surface area contributed by atoms with E-state index in [-0.39, 0.29) is 30.2 Å². The molecule has 1 aromatic rings. The second kappa shape index (κ2) is 9.22. The lowest BCUT2D eigenvalue weighted by molar-refractivity contribution is -0.181. The van der Waals surface area contributed by atoms with Gasteiger partial charge in [-0.2, -0.15) is 0 Å². The number of fused-ring (bicyclic) bond motifs is 3. The van der Waals surface area contributed by atoms with Gasteiger partial charge in [0, 0.05) is 17.0 Å². The number of likely N-dealkylation sites (tertiary alicyclic amines) is 1. The van der Waals surface area contributed by atoms with Crippen LogP contribution in [0, 0.1) is 23.7 Å². The highest BCUT2D eigenvalue weighted by Crippen LogP contribution is 2.52. The molecule has 2 saturated carbocycles. The molecule has 10 nitrogen and oxygen atoms in total. The van der Waals surface area contributed by atoms with Gasteiger partial charge in [0.2, 0.25) is 5.91 Å².